The van der Waals surface area contributed by atoms with Crippen molar-refractivity contribution in [1.82, 2.24) is 0 Å². The molecule has 6 aromatic rings. The van der Waals surface area contributed by atoms with Crippen molar-refractivity contribution in [3.63, 3.8) is 0 Å². The minimum atomic E-state index is -3.11. The van der Waals surface area contributed by atoms with Gasteiger partial charge in [0.05, 0.1) is 45.5 Å². The van der Waals surface area contributed by atoms with Crippen LogP contribution in [0.15, 0.2) is 72.8 Å². The number of halogens is 6. The van der Waals surface area contributed by atoms with Gasteiger partial charge in [-0.1, -0.05) is 190 Å². The molecule has 0 aliphatic rings. The van der Waals surface area contributed by atoms with Crippen molar-refractivity contribution < 1.29 is 49.8 Å². The SMILES string of the molecule is Cc1cc(Nc2cc(C(C)(C)C)cc(C(C)(C)C)c2O)c(Nc2cc(C(C)(C)C)cc(C(C)(C)C)c2O)cc1C.Cc1cc(Nc2cc(C(C)(C)C)cc(C(C)(C)C)c2O)c(Nc2cc(C(C)(C)C)cc(C(C)(C)C)c2O)cc1C.[Cl][Ti]([Cl])([Cl])[Cl].[Cl][Ti][Cl]. The molecule has 0 bridgehead atoms. The van der Waals surface area contributed by atoms with Gasteiger partial charge in [0.15, 0.2) is 0 Å². The molecule has 6 rings (SSSR count). The van der Waals surface area contributed by atoms with Crippen LogP contribution in [0.1, 0.15) is 233 Å². The molecule has 88 heavy (non-hydrogen) atoms. The summed E-state index contributed by atoms with van der Waals surface area (Å²) in [5.74, 6) is 1.05. The van der Waals surface area contributed by atoms with Gasteiger partial charge in [-0.15, -0.1) is 0 Å². The van der Waals surface area contributed by atoms with Gasteiger partial charge in [-0.05, 0) is 164 Å². The molecule has 0 aliphatic heterocycles. The van der Waals surface area contributed by atoms with Crippen LogP contribution >= 0.6 is 55.8 Å². The first-order valence-electron chi connectivity index (χ1n) is 30.0. The number of anilines is 8. The summed E-state index contributed by atoms with van der Waals surface area (Å²) >= 11 is -3.67. The number of nitrogens with one attached hydrogen (secondary N) is 4. The van der Waals surface area contributed by atoms with Crippen molar-refractivity contribution in [2.24, 2.45) is 0 Å². The van der Waals surface area contributed by atoms with Crippen LogP contribution < -0.4 is 21.3 Å². The zero-order valence-electron chi connectivity index (χ0n) is 58.0. The number of phenols is 4. The molecule has 0 radical (unpaired) electrons. The Morgan fingerprint density at radius 2 is 0.409 bits per heavy atom. The fourth-order valence-electron chi connectivity index (χ4n) is 9.56. The molecule has 0 amide bonds. The van der Waals surface area contributed by atoms with Crippen LogP contribution in [0, 0.1) is 27.7 Å². The van der Waals surface area contributed by atoms with Crippen molar-refractivity contribution in [3.8, 4) is 23.0 Å². The summed E-state index contributed by atoms with van der Waals surface area (Å²) in [5, 5.41) is 60.1. The molecule has 0 aromatic heterocycles. The molecule has 0 spiro atoms. The standard InChI is InChI=1S/2C36H52N2O2.6ClH.2Ti/c2*1-21-15-27(37-29-19-23(33(3,4)5)17-25(31(29)39)35(9,10)11)28(16-22(21)2)38-30-20-24(34(6,7)8)18-26(32(30)40)36(12,13)14;;;;;;;;/h2*15-20,37-40H,1-14H3;6*1H;;/q;;;;;;;;+2;+4/p-6. The van der Waals surface area contributed by atoms with Crippen LogP contribution in [-0.4, -0.2) is 20.4 Å². The first-order valence-corrected chi connectivity index (χ1v) is 42.8. The van der Waals surface area contributed by atoms with E-state index in [2.05, 4.69) is 288 Å². The fourth-order valence-corrected chi connectivity index (χ4v) is 9.56. The third-order valence-corrected chi connectivity index (χ3v) is 15.5. The van der Waals surface area contributed by atoms with Gasteiger partial charge in [0.25, 0.3) is 0 Å². The van der Waals surface area contributed by atoms with Gasteiger partial charge in [0, 0.05) is 22.3 Å². The van der Waals surface area contributed by atoms with E-state index in [9.17, 15) is 20.4 Å². The number of hydrogen-bond donors (Lipinski definition) is 8. The van der Waals surface area contributed by atoms with E-state index >= 15 is 0 Å². The second kappa shape index (κ2) is 29.5. The maximum absolute atomic E-state index is 11.5. The number of rotatable bonds is 8. The summed E-state index contributed by atoms with van der Waals surface area (Å²) < 4.78 is 0. The molecule has 6 aromatic carbocycles. The van der Waals surface area contributed by atoms with Crippen molar-refractivity contribution in [2.75, 3.05) is 21.3 Å². The first-order chi connectivity index (χ1) is 39.4. The molecule has 16 heteroatoms. The molecule has 0 fully saturated rings. The van der Waals surface area contributed by atoms with Gasteiger partial charge in [0.1, 0.15) is 23.0 Å². The van der Waals surface area contributed by atoms with Gasteiger partial charge in [-0.25, -0.2) is 0 Å². The summed E-state index contributed by atoms with van der Waals surface area (Å²) in [4.78, 5) is 0. The summed E-state index contributed by atoms with van der Waals surface area (Å²) in [7, 11) is 29.8. The Morgan fingerprint density at radius 1 is 0.273 bits per heavy atom. The average molecular weight is 1400 g/mol. The molecule has 0 aliphatic carbocycles. The van der Waals surface area contributed by atoms with E-state index in [1.807, 2.05) is 0 Å². The Bertz CT molecular complexity index is 2970. The Morgan fingerprint density at radius 3 is 0.523 bits per heavy atom. The van der Waals surface area contributed by atoms with Gasteiger partial charge < -0.3 is 41.7 Å². The molecule has 0 unspecified atom stereocenters. The van der Waals surface area contributed by atoms with Crippen molar-refractivity contribution >= 4 is 101 Å². The topological polar surface area (TPSA) is 129 Å². The van der Waals surface area contributed by atoms with E-state index < -0.39 is 29.4 Å². The average Bonchev–Trinajstić information content (AvgIpc) is 1.69. The van der Waals surface area contributed by atoms with Crippen LogP contribution in [0.25, 0.3) is 0 Å². The zero-order valence-corrected chi connectivity index (χ0v) is 65.6. The Kier molecular flexibility index (Phi) is 26.5. The van der Waals surface area contributed by atoms with E-state index in [0.717, 1.165) is 89.5 Å². The second-order valence-electron chi connectivity index (χ2n) is 31.6. The summed E-state index contributed by atoms with van der Waals surface area (Å²) in [6, 6.07) is 25.2. The zero-order chi connectivity index (χ0) is 68.4. The van der Waals surface area contributed by atoms with Gasteiger partial charge in [-0.2, -0.15) is 0 Å². The molecular formula is C72H104Cl6N4O4Ti2. The van der Waals surface area contributed by atoms with Crippen LogP contribution in [0.4, 0.5) is 45.5 Å². The quantitative estimate of drug-likeness (QED) is 0.0559. The van der Waals surface area contributed by atoms with Crippen LogP contribution in [0.2, 0.25) is 0 Å². The summed E-state index contributed by atoms with van der Waals surface area (Å²) in [5.41, 5.74) is 17.6. The Hall–Kier alpha value is -3.11. The molecule has 0 saturated heterocycles. The van der Waals surface area contributed by atoms with E-state index in [0.29, 0.717) is 22.7 Å². The number of aromatic hydroxyl groups is 4. The molecule has 8 N–H and O–H groups in total. The van der Waals surface area contributed by atoms with Crippen LogP contribution in [0.5, 0.6) is 23.0 Å². The molecule has 486 valence electrons. The second-order valence-corrected chi connectivity index (χ2v) is 49.7. The monoisotopic (exact) mass is 1390 g/mol. The molecule has 0 saturated carbocycles. The molecular weight excluding hydrogens is 1290 g/mol. The van der Waals surface area contributed by atoms with Gasteiger partial charge in [-0.3, -0.25) is 0 Å². The normalized spacial score (nSPS) is 12.6. The third-order valence-electron chi connectivity index (χ3n) is 15.5. The van der Waals surface area contributed by atoms with Crippen LogP contribution in [0.3, 0.4) is 0 Å². The van der Waals surface area contributed by atoms with E-state index in [4.69, 9.17) is 55.8 Å². The Labute approximate surface area is 566 Å². The summed E-state index contributed by atoms with van der Waals surface area (Å²) in [6.07, 6.45) is 0. The van der Waals surface area contributed by atoms with Gasteiger partial charge in [0.2, 0.25) is 0 Å². The molecule has 0 heterocycles. The predicted octanol–water partition coefficient (Wildman–Crippen LogP) is 24.9. The maximum atomic E-state index is 11.5. The predicted molar refractivity (Wildman–Crippen MR) is 382 cm³/mol. The number of phenolic OH excluding ortho intramolecular Hbond substituents is 4. The third kappa shape index (κ3) is 22.6. The number of benzene rings is 6. The molecule has 8 nitrogen and oxygen atoms in total. The fraction of sp³-hybridized carbons (Fsp3) is 0.500. The van der Waals surface area contributed by atoms with Gasteiger partial charge >= 0.3 is 85.2 Å². The number of hydrogen-bond acceptors (Lipinski definition) is 8. The Balaban J connectivity index is 0.000000410. The molecule has 0 atom stereocenters. The first kappa shape index (κ1) is 79.1. The van der Waals surface area contributed by atoms with E-state index in [-0.39, 0.29) is 66.3 Å². The van der Waals surface area contributed by atoms with E-state index in [1.54, 1.807) is 0 Å². The van der Waals surface area contributed by atoms with Crippen LogP contribution in [-0.2, 0) is 72.7 Å². The summed E-state index contributed by atoms with van der Waals surface area (Å²) in [6.45, 7) is 60.1. The van der Waals surface area contributed by atoms with Crippen molar-refractivity contribution in [1.29, 1.82) is 0 Å². The van der Waals surface area contributed by atoms with Crippen molar-refractivity contribution in [2.45, 2.75) is 237 Å². The minimum absolute atomic E-state index is 0.0864. The van der Waals surface area contributed by atoms with Crippen molar-refractivity contribution in [3.05, 3.63) is 140 Å². The van der Waals surface area contributed by atoms with E-state index in [1.165, 1.54) is 0 Å². The number of aryl methyl sites for hydroxylation is 4.